The molecule has 0 bridgehead atoms. The molecule has 127 N–H and O–H groups in total. The maximum absolute atomic E-state index is 0. The zero-order chi connectivity index (χ0) is 0. The summed E-state index contributed by atoms with van der Waals surface area (Å²) in [6, 6.07) is 0. The highest BCUT2D eigenvalue weighted by molar-refractivity contribution is 2.17. The van der Waals surface area contributed by atoms with Crippen LogP contribution in [0.1, 0.15) is 0 Å². The van der Waals surface area contributed by atoms with Crippen LogP contribution < -0.4 is 252 Å². The van der Waals surface area contributed by atoms with E-state index in [0.717, 1.165) is 0 Å². The maximum Gasteiger partial charge on any atom is -0.344 e. The van der Waals surface area contributed by atoms with Crippen LogP contribution in [0.15, 0.2) is 0 Å². The Morgan fingerprint density at radius 3 is 0.0465 bits per heavy atom. The molecule has 43 heavy (non-hydrogen) atoms. The SMILES string of the molecule is N.N.N.N.N.N.N.N.N.N.N.N.N.N.N.N.N.N.N.N.N.N.N.N.N.N.N.N.N.N.N.N.N.N.N.N.N.N.N.N.N.O.O. The summed E-state index contributed by atoms with van der Waals surface area (Å²) in [5.41, 5.74) is 0. The molecule has 0 aliphatic rings. The van der Waals surface area contributed by atoms with Gasteiger partial charge in [0.25, 0.3) is 0 Å². The number of rotatable bonds is 0. The van der Waals surface area contributed by atoms with E-state index in [1.807, 2.05) is 0 Å². The quantitative estimate of drug-likeness (QED) is 0.156. The molecule has 0 aromatic rings. The van der Waals surface area contributed by atoms with Gasteiger partial charge >= 0.3 is 0 Å². The van der Waals surface area contributed by atoms with Crippen LogP contribution in [0.3, 0.4) is 0 Å². The van der Waals surface area contributed by atoms with E-state index in [9.17, 15) is 0 Å². The van der Waals surface area contributed by atoms with Crippen molar-refractivity contribution >= 4 is 0 Å². The first-order chi connectivity index (χ1) is 0. The molecule has 0 fully saturated rings. The lowest BCUT2D eigenvalue weighted by Crippen LogP contribution is -0.482. The summed E-state index contributed by atoms with van der Waals surface area (Å²) in [7, 11) is 0. The van der Waals surface area contributed by atoms with Gasteiger partial charge in [-0.15, -0.1) is 0 Å². The molecule has 0 aromatic heterocycles. The van der Waals surface area contributed by atoms with Gasteiger partial charge in [-0.05, 0) is 0 Å². The van der Waals surface area contributed by atoms with Gasteiger partial charge in [-0.1, -0.05) is 0 Å². The lowest BCUT2D eigenvalue weighted by Gasteiger charge is -0.413. The minimum atomic E-state index is 0. The molecule has 0 aliphatic heterocycles. The van der Waals surface area contributed by atoms with E-state index in [1.54, 1.807) is 0 Å². The number of hydrogen-bond acceptors (Lipinski definition) is 41. The lowest BCUT2D eigenvalue weighted by atomic mass is 14.0. The van der Waals surface area contributed by atoms with E-state index in [-0.39, 0.29) is 263 Å². The van der Waals surface area contributed by atoms with Crippen LogP contribution in [0, 0.1) is 0 Å². The van der Waals surface area contributed by atoms with Crippen LogP contribution in [0.25, 0.3) is 0 Å². The second-order valence-electron chi connectivity index (χ2n) is 0. The van der Waals surface area contributed by atoms with Crippen LogP contribution in [-0.4, -0.2) is 11.0 Å². The van der Waals surface area contributed by atoms with Crippen molar-refractivity contribution < 1.29 is 11.0 Å². The van der Waals surface area contributed by atoms with E-state index in [2.05, 4.69) is 0 Å². The Kier molecular flexibility index (Phi) is 11100000. The Bertz CT molecular complexity index is 11.7. The fraction of sp³-hybridized carbons (Fsp3) is 0. The summed E-state index contributed by atoms with van der Waals surface area (Å²) in [5, 5.41) is 0. The largest absolute Gasteiger partial charge is 0.412 e. The Balaban J connectivity index is 0. The van der Waals surface area contributed by atoms with Crippen molar-refractivity contribution in [2.45, 2.75) is 0 Å². The molecule has 43 nitrogen and oxygen atoms in total. The van der Waals surface area contributed by atoms with Gasteiger partial charge in [-0.2, -0.15) is 0 Å². The molecule has 0 spiro atoms. The first-order valence-corrected chi connectivity index (χ1v) is 0. The van der Waals surface area contributed by atoms with Crippen LogP contribution in [0.4, 0.5) is 0 Å². The average Bonchev–Trinajstić information content (AvgIpc) is 0. The van der Waals surface area contributed by atoms with Crippen molar-refractivity contribution in [1.29, 1.82) is 0 Å². The predicted molar refractivity (Wildman–Crippen MR) is 213 cm³/mol. The zero-order valence-corrected chi connectivity index (χ0v) is 30.0. The first-order valence-electron chi connectivity index (χ1n) is 0. The minimum Gasteiger partial charge on any atom is -0.412 e. The molecule has 0 unspecified atom stereocenters. The fourth-order valence-corrected chi connectivity index (χ4v) is 0. The van der Waals surface area contributed by atoms with Crippen molar-refractivity contribution in [1.82, 2.24) is 252 Å². The van der Waals surface area contributed by atoms with E-state index in [0.29, 0.717) is 0 Å². The molecule has 0 saturated heterocycles. The molecule has 0 rings (SSSR count). The standard InChI is InChI=1S/41H3N.2H2O/h41*1H3;2*1H2. The second kappa shape index (κ2) is 21000. The summed E-state index contributed by atoms with van der Waals surface area (Å²) >= 11 is 0. The van der Waals surface area contributed by atoms with Crippen LogP contribution >= 0.6 is 0 Å². The second-order valence-corrected chi connectivity index (χ2v) is 0. The van der Waals surface area contributed by atoms with Gasteiger partial charge in [-0.3, -0.25) is 0 Å². The smallest absolute Gasteiger partial charge is 0.344 e. The summed E-state index contributed by atoms with van der Waals surface area (Å²) in [5.74, 6) is 0. The molecule has 0 aromatic carbocycles. The molecule has 43 heteroatoms. The average molecular weight is 734 g/mol. The fourth-order valence-electron chi connectivity index (χ4n) is 0. The molecule has 0 heterocycles. The lowest BCUT2D eigenvalue weighted by molar-refractivity contribution is 0.823. The third-order valence-corrected chi connectivity index (χ3v) is 0. The topological polar surface area (TPSA) is 1500 Å². The van der Waals surface area contributed by atoms with Gasteiger partial charge in [0, 0.05) is 0 Å². The van der Waals surface area contributed by atoms with Crippen LogP contribution in [0.2, 0.25) is 0 Å². The Morgan fingerprint density at radius 2 is 0.0465 bits per heavy atom. The van der Waals surface area contributed by atoms with Gasteiger partial charge in [0.15, 0.2) is 0 Å². The van der Waals surface area contributed by atoms with Crippen molar-refractivity contribution in [3.05, 3.63) is 0 Å². The summed E-state index contributed by atoms with van der Waals surface area (Å²) in [4.78, 5) is 0. The molecule has 0 radical (unpaired) electrons. The Labute approximate surface area is 264 Å². The van der Waals surface area contributed by atoms with Gasteiger partial charge in [0.05, 0.1) is 0 Å². The molecule has 0 saturated carbocycles. The highest BCUT2D eigenvalue weighted by Crippen LogP contribution is -0.288. The van der Waals surface area contributed by atoms with Crippen LogP contribution in [0.5, 0.6) is 0 Å². The highest BCUT2D eigenvalue weighted by Gasteiger charge is -0.303. The third-order valence-electron chi connectivity index (χ3n) is 0. The highest BCUT2D eigenvalue weighted by atomic mass is 16.0. The number of hydrogen-bond donors (Lipinski definition) is 41. The summed E-state index contributed by atoms with van der Waals surface area (Å²) in [6.45, 7) is 0. The third kappa shape index (κ3) is 20000. The van der Waals surface area contributed by atoms with Gasteiger partial charge in [-0.25, -0.2) is 0 Å². The molecule has 0 aliphatic carbocycles. The normalized spacial score (nSPS) is 0. The monoisotopic (exact) mass is 734 g/mol. The predicted octanol–water partition coefficient (Wildman–Crippen LogP) is 4.99. The van der Waals surface area contributed by atoms with E-state index in [1.165, 1.54) is 0 Å². The van der Waals surface area contributed by atoms with E-state index in [4.69, 9.17) is 0 Å². The summed E-state index contributed by atoms with van der Waals surface area (Å²) < 4.78 is 0. The van der Waals surface area contributed by atoms with E-state index < -0.39 is 0 Å². The van der Waals surface area contributed by atoms with Crippen LogP contribution in [-0.2, 0) is 0 Å². The van der Waals surface area contributed by atoms with Crippen molar-refractivity contribution in [3.8, 4) is 0 Å². The molecular weight excluding hydrogens is 606 g/mol. The van der Waals surface area contributed by atoms with Crippen molar-refractivity contribution in [2.24, 2.45) is 0 Å². The van der Waals surface area contributed by atoms with Crippen molar-refractivity contribution in [2.75, 3.05) is 0 Å². The molecule has 0 atom stereocenters. The van der Waals surface area contributed by atoms with E-state index >= 15 is 0 Å². The Morgan fingerprint density at radius 1 is 0.0465 bits per heavy atom. The maximum atomic E-state index is 0. The molecule has 344 valence electrons. The zero-order valence-electron chi connectivity index (χ0n) is 30.0. The van der Waals surface area contributed by atoms with Crippen molar-refractivity contribution in [3.63, 3.8) is 0 Å². The Hall–Kier alpha value is -1.72. The molecule has 0 amide bonds. The van der Waals surface area contributed by atoms with Gasteiger partial charge in [0.1, 0.15) is 0 Å². The summed E-state index contributed by atoms with van der Waals surface area (Å²) in [6.07, 6.45) is 0. The van der Waals surface area contributed by atoms with Gasteiger partial charge in [0.2, 0.25) is 0 Å². The minimum absolute atomic E-state index is 0. The molecular formula is H127N41O2. The first kappa shape index (κ1) is 22600. The van der Waals surface area contributed by atoms with Gasteiger partial charge < -0.3 is 263 Å².